The fourth-order valence-electron chi connectivity index (χ4n) is 2.55. The molecule has 0 radical (unpaired) electrons. The second kappa shape index (κ2) is 8.07. The molecule has 6 nitrogen and oxygen atoms in total. The highest BCUT2D eigenvalue weighted by Gasteiger charge is 2.12. The second-order valence-electron chi connectivity index (χ2n) is 6.31. The number of aryl methyl sites for hydroxylation is 1. The van der Waals surface area contributed by atoms with Crippen molar-refractivity contribution < 1.29 is 17.6 Å². The maximum Gasteiger partial charge on any atom is 0.230 e. The van der Waals surface area contributed by atoms with Gasteiger partial charge >= 0.3 is 0 Å². The molecule has 0 saturated heterocycles. The Hall–Kier alpha value is -2.78. The molecule has 0 fully saturated rings. The van der Waals surface area contributed by atoms with Crippen LogP contribution in [-0.2, 0) is 21.2 Å². The van der Waals surface area contributed by atoms with Gasteiger partial charge in [-0.3, -0.25) is 9.52 Å². The number of aromatic nitrogens is 1. The molecule has 1 amide bonds. The number of benzene rings is 2. The van der Waals surface area contributed by atoms with Crippen LogP contribution >= 0.6 is 11.3 Å². The van der Waals surface area contributed by atoms with Gasteiger partial charge in [-0.1, -0.05) is 23.8 Å². The molecule has 0 aliphatic heterocycles. The van der Waals surface area contributed by atoms with Crippen molar-refractivity contribution in [3.63, 3.8) is 0 Å². The summed E-state index contributed by atoms with van der Waals surface area (Å²) in [6.07, 6.45) is 0.972. The Morgan fingerprint density at radius 2 is 2.00 bits per heavy atom. The van der Waals surface area contributed by atoms with E-state index in [9.17, 15) is 17.6 Å². The van der Waals surface area contributed by atoms with E-state index in [4.69, 9.17) is 0 Å². The highest BCUT2D eigenvalue weighted by atomic mass is 32.2. The smallest absolute Gasteiger partial charge is 0.230 e. The summed E-state index contributed by atoms with van der Waals surface area (Å²) in [7, 11) is -3.63. The summed E-state index contributed by atoms with van der Waals surface area (Å²) in [6.45, 7) is 2.00. The molecule has 28 heavy (non-hydrogen) atoms. The molecule has 146 valence electrons. The number of carbonyl (C=O) groups excluding carboxylic acids is 1. The van der Waals surface area contributed by atoms with Crippen LogP contribution in [0.1, 0.15) is 11.3 Å². The van der Waals surface area contributed by atoms with Gasteiger partial charge in [0.15, 0.2) is 0 Å². The van der Waals surface area contributed by atoms with Gasteiger partial charge in [0.25, 0.3) is 0 Å². The van der Waals surface area contributed by atoms with Gasteiger partial charge in [0.2, 0.25) is 15.9 Å². The molecule has 9 heteroatoms. The average Bonchev–Trinajstić information content (AvgIpc) is 3.05. The van der Waals surface area contributed by atoms with Crippen molar-refractivity contribution in [2.45, 2.75) is 13.3 Å². The minimum atomic E-state index is -3.63. The summed E-state index contributed by atoms with van der Waals surface area (Å²) in [5.74, 6) is -1.07. The Morgan fingerprint density at radius 1 is 1.21 bits per heavy atom. The van der Waals surface area contributed by atoms with Gasteiger partial charge in [-0.05, 0) is 31.2 Å². The van der Waals surface area contributed by atoms with Crippen LogP contribution in [0.15, 0.2) is 47.8 Å². The van der Waals surface area contributed by atoms with E-state index in [0.717, 1.165) is 28.5 Å². The van der Waals surface area contributed by atoms with Crippen molar-refractivity contribution in [3.05, 3.63) is 64.9 Å². The van der Waals surface area contributed by atoms with Crippen LogP contribution < -0.4 is 10.0 Å². The zero-order valence-electron chi connectivity index (χ0n) is 15.2. The largest absolute Gasteiger partial charge is 0.326 e. The fourth-order valence-corrected chi connectivity index (χ4v) is 3.92. The number of sulfonamides is 1. The Balaban J connectivity index is 1.69. The average molecular weight is 420 g/mol. The number of rotatable bonds is 6. The first-order valence-corrected chi connectivity index (χ1v) is 11.1. The lowest BCUT2D eigenvalue weighted by Gasteiger charge is -2.09. The Bertz CT molecular complexity index is 1130. The predicted octanol–water partition coefficient (Wildman–Crippen LogP) is 3.81. The second-order valence-corrected chi connectivity index (χ2v) is 8.91. The van der Waals surface area contributed by atoms with Crippen LogP contribution in [0, 0.1) is 12.7 Å². The molecule has 0 spiro atoms. The number of halogens is 1. The normalized spacial score (nSPS) is 11.2. The summed E-state index contributed by atoms with van der Waals surface area (Å²) >= 11 is 1.45. The minimum absolute atomic E-state index is 0.0501. The molecule has 0 aliphatic carbocycles. The van der Waals surface area contributed by atoms with E-state index in [1.54, 1.807) is 0 Å². The van der Waals surface area contributed by atoms with E-state index in [2.05, 4.69) is 15.0 Å². The molecular weight excluding hydrogens is 401 g/mol. The molecule has 1 heterocycles. The summed E-state index contributed by atoms with van der Waals surface area (Å²) in [5, 5.41) is 5.27. The molecule has 3 rings (SSSR count). The van der Waals surface area contributed by atoms with Crippen LogP contribution in [0.3, 0.4) is 0 Å². The third kappa shape index (κ3) is 5.37. The Kier molecular flexibility index (Phi) is 5.76. The number of nitrogens with zero attached hydrogens (tertiary/aromatic N) is 1. The zero-order chi connectivity index (χ0) is 20.3. The van der Waals surface area contributed by atoms with Gasteiger partial charge in [-0.2, -0.15) is 0 Å². The van der Waals surface area contributed by atoms with Crippen LogP contribution in [0.4, 0.5) is 15.8 Å². The van der Waals surface area contributed by atoms with E-state index in [0.29, 0.717) is 5.69 Å². The van der Waals surface area contributed by atoms with Gasteiger partial charge in [0.05, 0.1) is 24.1 Å². The third-order valence-electron chi connectivity index (χ3n) is 3.70. The summed E-state index contributed by atoms with van der Waals surface area (Å²) in [4.78, 5) is 16.8. The zero-order valence-corrected chi connectivity index (χ0v) is 16.8. The molecule has 0 atom stereocenters. The number of thiazole rings is 1. The van der Waals surface area contributed by atoms with E-state index in [1.165, 1.54) is 23.5 Å². The molecule has 3 aromatic rings. The molecule has 0 saturated carbocycles. The number of carbonyl (C=O) groups is 1. The van der Waals surface area contributed by atoms with Crippen molar-refractivity contribution >= 4 is 38.6 Å². The molecule has 2 N–H and O–H groups in total. The monoisotopic (exact) mass is 419 g/mol. The number of amides is 1. The van der Waals surface area contributed by atoms with E-state index >= 15 is 0 Å². The standard InChI is InChI=1S/C19H18FN3O3S2/c1-12-4-3-5-13(8-12)19-22-15(11-27-19)10-18(24)21-14-6-7-16(20)17(9-14)23-28(2,25)26/h3-9,11,23H,10H2,1-2H3,(H,21,24). The van der Waals surface area contributed by atoms with Crippen LogP contribution in [-0.4, -0.2) is 25.6 Å². The van der Waals surface area contributed by atoms with E-state index < -0.39 is 15.8 Å². The minimum Gasteiger partial charge on any atom is -0.326 e. The van der Waals surface area contributed by atoms with Crippen molar-refractivity contribution in [2.24, 2.45) is 0 Å². The lowest BCUT2D eigenvalue weighted by atomic mass is 10.1. The predicted molar refractivity (Wildman–Crippen MR) is 109 cm³/mol. The number of nitrogens with one attached hydrogen (secondary N) is 2. The van der Waals surface area contributed by atoms with E-state index in [1.807, 2.05) is 36.6 Å². The molecular formula is C19H18FN3O3S2. The third-order valence-corrected chi connectivity index (χ3v) is 5.23. The Labute approximate surface area is 166 Å². The maximum absolute atomic E-state index is 13.7. The number of hydrogen-bond donors (Lipinski definition) is 2. The van der Waals surface area contributed by atoms with Crippen LogP contribution in [0.5, 0.6) is 0 Å². The van der Waals surface area contributed by atoms with Gasteiger partial charge in [0.1, 0.15) is 10.8 Å². The van der Waals surface area contributed by atoms with Crippen molar-refractivity contribution in [3.8, 4) is 10.6 Å². The molecule has 0 bridgehead atoms. The van der Waals surface area contributed by atoms with E-state index in [-0.39, 0.29) is 23.7 Å². The quantitative estimate of drug-likeness (QED) is 0.636. The molecule has 0 unspecified atom stereocenters. The van der Waals surface area contributed by atoms with Gasteiger partial charge in [-0.25, -0.2) is 17.8 Å². The van der Waals surface area contributed by atoms with Gasteiger partial charge < -0.3 is 5.32 Å². The van der Waals surface area contributed by atoms with Crippen molar-refractivity contribution in [2.75, 3.05) is 16.3 Å². The lowest BCUT2D eigenvalue weighted by molar-refractivity contribution is -0.115. The first-order chi connectivity index (χ1) is 13.2. The highest BCUT2D eigenvalue weighted by Crippen LogP contribution is 2.25. The first-order valence-electron chi connectivity index (χ1n) is 8.28. The fraction of sp³-hybridized carbons (Fsp3) is 0.158. The molecule has 1 aromatic heterocycles. The topological polar surface area (TPSA) is 88.2 Å². The summed E-state index contributed by atoms with van der Waals surface area (Å²) < 4.78 is 38.4. The van der Waals surface area contributed by atoms with Crippen LogP contribution in [0.2, 0.25) is 0 Å². The summed E-state index contributed by atoms with van der Waals surface area (Å²) in [5.41, 5.74) is 2.80. The summed E-state index contributed by atoms with van der Waals surface area (Å²) in [6, 6.07) is 11.6. The maximum atomic E-state index is 13.7. The van der Waals surface area contributed by atoms with Crippen molar-refractivity contribution in [1.29, 1.82) is 0 Å². The number of anilines is 2. The lowest BCUT2D eigenvalue weighted by Crippen LogP contribution is -2.15. The number of hydrogen-bond acceptors (Lipinski definition) is 5. The Morgan fingerprint density at radius 3 is 2.71 bits per heavy atom. The first kappa shape index (κ1) is 20.0. The highest BCUT2D eigenvalue weighted by molar-refractivity contribution is 7.92. The van der Waals surface area contributed by atoms with Crippen molar-refractivity contribution in [1.82, 2.24) is 4.98 Å². The SMILES string of the molecule is Cc1cccc(-c2nc(CC(=O)Nc3ccc(F)c(NS(C)(=O)=O)c3)cs2)c1. The van der Waals surface area contributed by atoms with Gasteiger partial charge in [-0.15, -0.1) is 11.3 Å². The molecule has 2 aromatic carbocycles. The molecule has 0 aliphatic rings. The van der Waals surface area contributed by atoms with Gasteiger partial charge in [0, 0.05) is 16.6 Å². The van der Waals surface area contributed by atoms with Crippen LogP contribution in [0.25, 0.3) is 10.6 Å².